The van der Waals surface area contributed by atoms with E-state index in [4.69, 9.17) is 19.0 Å². The lowest BCUT2D eigenvalue weighted by atomic mass is 9.89. The maximum absolute atomic E-state index is 13.1. The van der Waals surface area contributed by atoms with Gasteiger partial charge in [0.1, 0.15) is 0 Å². The fraction of sp³-hybridized carbons (Fsp3) is 0.367. The second kappa shape index (κ2) is 11.5. The molecule has 2 amide bonds. The SMILES string of the molecule is CCC1CC(=O)N(Cc2cccc(NC(=O)c3ccco3)c2)N=C1c1ccc(OC)c(OC2CCCC2)c1. The van der Waals surface area contributed by atoms with Crippen LogP contribution < -0.4 is 14.8 Å². The number of carbonyl (C=O) groups excluding carboxylic acids is 2. The van der Waals surface area contributed by atoms with Crippen LogP contribution in [0.4, 0.5) is 5.69 Å². The Hall–Kier alpha value is -4.07. The highest BCUT2D eigenvalue weighted by atomic mass is 16.5. The average Bonchev–Trinajstić information content (AvgIpc) is 3.65. The van der Waals surface area contributed by atoms with Gasteiger partial charge in [-0.2, -0.15) is 5.10 Å². The Bertz CT molecular complexity index is 1310. The molecule has 8 heteroatoms. The molecule has 8 nitrogen and oxygen atoms in total. The summed E-state index contributed by atoms with van der Waals surface area (Å²) >= 11 is 0. The molecule has 2 aromatic carbocycles. The summed E-state index contributed by atoms with van der Waals surface area (Å²) in [6, 6.07) is 16.6. The Balaban J connectivity index is 1.38. The lowest BCUT2D eigenvalue weighted by molar-refractivity contribution is -0.133. The summed E-state index contributed by atoms with van der Waals surface area (Å²) in [7, 11) is 1.65. The van der Waals surface area contributed by atoms with Crippen LogP contribution in [-0.4, -0.2) is 35.7 Å². The van der Waals surface area contributed by atoms with Crippen molar-refractivity contribution in [2.24, 2.45) is 11.0 Å². The van der Waals surface area contributed by atoms with Crippen LogP contribution in [0.5, 0.6) is 11.5 Å². The standard InChI is InChI=1S/C30H33N3O5/c1-3-21-18-28(34)33(19-20-8-6-9-23(16-20)31-30(35)26-12-7-15-37-26)32-29(21)22-13-14-25(36-2)27(17-22)38-24-10-4-5-11-24/h6-9,12-17,21,24H,3-5,10-11,18-19H2,1-2H3,(H,31,35). The fourth-order valence-corrected chi connectivity index (χ4v) is 5.07. The van der Waals surface area contributed by atoms with Crippen LogP contribution in [-0.2, 0) is 11.3 Å². The molecule has 1 saturated carbocycles. The zero-order valence-electron chi connectivity index (χ0n) is 21.8. The van der Waals surface area contributed by atoms with E-state index in [9.17, 15) is 9.59 Å². The van der Waals surface area contributed by atoms with E-state index in [1.807, 2.05) is 36.4 Å². The maximum Gasteiger partial charge on any atom is 0.291 e. The van der Waals surface area contributed by atoms with E-state index in [1.54, 1.807) is 25.3 Å². The van der Waals surface area contributed by atoms with E-state index in [1.165, 1.54) is 24.1 Å². The Kier molecular flexibility index (Phi) is 7.77. The highest BCUT2D eigenvalue weighted by Gasteiger charge is 2.30. The van der Waals surface area contributed by atoms with Crippen LogP contribution in [0.3, 0.4) is 0 Å². The Morgan fingerprint density at radius 3 is 2.68 bits per heavy atom. The van der Waals surface area contributed by atoms with E-state index >= 15 is 0 Å². The number of amides is 2. The van der Waals surface area contributed by atoms with Crippen LogP contribution in [0.15, 0.2) is 70.4 Å². The molecule has 1 aliphatic carbocycles. The van der Waals surface area contributed by atoms with E-state index < -0.39 is 0 Å². The molecule has 198 valence electrons. The lowest BCUT2D eigenvalue weighted by Crippen LogP contribution is -2.36. The number of ether oxygens (including phenoxy) is 2. The second-order valence-electron chi connectivity index (χ2n) is 9.77. The van der Waals surface area contributed by atoms with E-state index in [0.29, 0.717) is 24.4 Å². The summed E-state index contributed by atoms with van der Waals surface area (Å²) < 4.78 is 17.0. The Morgan fingerprint density at radius 2 is 1.95 bits per heavy atom. The highest BCUT2D eigenvalue weighted by Crippen LogP contribution is 2.35. The molecule has 2 heterocycles. The minimum Gasteiger partial charge on any atom is -0.493 e. The number of anilines is 1. The number of nitrogens with one attached hydrogen (secondary N) is 1. The zero-order chi connectivity index (χ0) is 26.5. The zero-order valence-corrected chi connectivity index (χ0v) is 21.8. The third-order valence-corrected chi connectivity index (χ3v) is 7.13. The molecular formula is C30H33N3O5. The molecule has 1 unspecified atom stereocenters. The van der Waals surface area contributed by atoms with Crippen LogP contribution in [0.1, 0.15) is 67.1 Å². The van der Waals surface area contributed by atoms with Crippen LogP contribution in [0.25, 0.3) is 0 Å². The topological polar surface area (TPSA) is 93.4 Å². The van der Waals surface area contributed by atoms with Gasteiger partial charge in [-0.3, -0.25) is 9.59 Å². The first-order valence-electron chi connectivity index (χ1n) is 13.2. The Morgan fingerprint density at radius 1 is 1.11 bits per heavy atom. The monoisotopic (exact) mass is 515 g/mol. The van der Waals surface area contributed by atoms with Crippen LogP contribution in [0.2, 0.25) is 0 Å². The predicted octanol–water partition coefficient (Wildman–Crippen LogP) is 6.02. The van der Waals surface area contributed by atoms with Gasteiger partial charge in [0.05, 0.1) is 31.7 Å². The summed E-state index contributed by atoms with van der Waals surface area (Å²) in [5, 5.41) is 9.20. The molecule has 1 aliphatic heterocycles. The molecular weight excluding hydrogens is 482 g/mol. The molecule has 38 heavy (non-hydrogen) atoms. The van der Waals surface area contributed by atoms with Crippen molar-refractivity contribution in [1.29, 1.82) is 0 Å². The van der Waals surface area contributed by atoms with Crippen LogP contribution in [0, 0.1) is 5.92 Å². The second-order valence-corrected chi connectivity index (χ2v) is 9.77. The minimum atomic E-state index is -0.331. The largest absolute Gasteiger partial charge is 0.493 e. The molecule has 1 atom stereocenters. The van der Waals surface area contributed by atoms with Gasteiger partial charge in [0.15, 0.2) is 17.3 Å². The Labute approximate surface area is 222 Å². The number of nitrogens with zero attached hydrogens (tertiary/aromatic N) is 2. The molecule has 3 aromatic rings. The first kappa shape index (κ1) is 25.6. The van der Waals surface area contributed by atoms with Crippen molar-refractivity contribution >= 4 is 23.2 Å². The molecule has 2 aliphatic rings. The third kappa shape index (κ3) is 5.74. The van der Waals surface area contributed by atoms with Crippen LogP contribution >= 0.6 is 0 Å². The lowest BCUT2D eigenvalue weighted by Gasteiger charge is -2.29. The predicted molar refractivity (Wildman–Crippen MR) is 144 cm³/mol. The van der Waals surface area contributed by atoms with E-state index in [2.05, 4.69) is 12.2 Å². The summed E-state index contributed by atoms with van der Waals surface area (Å²) in [4.78, 5) is 25.4. The smallest absolute Gasteiger partial charge is 0.291 e. The van der Waals surface area contributed by atoms with Gasteiger partial charge in [-0.25, -0.2) is 5.01 Å². The van der Waals surface area contributed by atoms with Gasteiger partial charge in [-0.15, -0.1) is 0 Å². The number of furan rings is 1. The molecule has 0 bridgehead atoms. The summed E-state index contributed by atoms with van der Waals surface area (Å²) in [6.45, 7) is 2.37. The van der Waals surface area contributed by atoms with Gasteiger partial charge in [-0.1, -0.05) is 19.1 Å². The van der Waals surface area contributed by atoms with Crippen molar-refractivity contribution in [3.8, 4) is 11.5 Å². The van der Waals surface area contributed by atoms with Gasteiger partial charge in [-0.05, 0) is 80.1 Å². The molecule has 1 fully saturated rings. The summed E-state index contributed by atoms with van der Waals surface area (Å²) in [5.74, 6) is 1.32. The summed E-state index contributed by atoms with van der Waals surface area (Å²) in [6.07, 6.45) is 7.31. The average molecular weight is 516 g/mol. The van der Waals surface area contributed by atoms with Gasteiger partial charge in [0.25, 0.3) is 5.91 Å². The molecule has 1 aromatic heterocycles. The number of hydrazone groups is 1. The maximum atomic E-state index is 13.1. The molecule has 1 N–H and O–H groups in total. The molecule has 0 saturated heterocycles. The molecule has 0 spiro atoms. The summed E-state index contributed by atoms with van der Waals surface area (Å²) in [5.41, 5.74) is 3.28. The third-order valence-electron chi connectivity index (χ3n) is 7.13. The van der Waals surface area contributed by atoms with Gasteiger partial charge < -0.3 is 19.2 Å². The number of rotatable bonds is 9. The van der Waals surface area contributed by atoms with Crippen molar-refractivity contribution in [3.63, 3.8) is 0 Å². The minimum absolute atomic E-state index is 0.0189. The van der Waals surface area contributed by atoms with Crippen molar-refractivity contribution in [2.75, 3.05) is 12.4 Å². The van der Waals surface area contributed by atoms with Gasteiger partial charge in [0.2, 0.25) is 5.91 Å². The van der Waals surface area contributed by atoms with Crippen molar-refractivity contribution < 1.29 is 23.5 Å². The number of hydrogen-bond donors (Lipinski definition) is 1. The molecule has 0 radical (unpaired) electrons. The number of hydrogen-bond acceptors (Lipinski definition) is 6. The van der Waals surface area contributed by atoms with Gasteiger partial charge >= 0.3 is 0 Å². The number of benzene rings is 2. The van der Waals surface area contributed by atoms with E-state index in [-0.39, 0.29) is 29.6 Å². The highest BCUT2D eigenvalue weighted by molar-refractivity contribution is 6.06. The first-order valence-corrected chi connectivity index (χ1v) is 13.2. The van der Waals surface area contributed by atoms with Crippen molar-refractivity contribution in [1.82, 2.24) is 5.01 Å². The number of carbonyl (C=O) groups is 2. The number of methoxy groups -OCH3 is 1. The van der Waals surface area contributed by atoms with Gasteiger partial charge in [0, 0.05) is 23.6 Å². The van der Waals surface area contributed by atoms with Crippen molar-refractivity contribution in [2.45, 2.75) is 58.1 Å². The van der Waals surface area contributed by atoms with E-state index in [0.717, 1.165) is 41.9 Å². The quantitative estimate of drug-likeness (QED) is 0.376. The van der Waals surface area contributed by atoms with Crippen molar-refractivity contribution in [3.05, 3.63) is 77.7 Å². The fourth-order valence-electron chi connectivity index (χ4n) is 5.07. The molecule has 5 rings (SSSR count). The first-order chi connectivity index (χ1) is 18.5. The normalized spacial score (nSPS) is 17.8.